The number of carbonyl (C=O) groups excluding carboxylic acids is 2. The zero-order valence-electron chi connectivity index (χ0n) is 48.6. The fourth-order valence-electron chi connectivity index (χ4n) is 10.0. The Morgan fingerprint density at radius 3 is 1.07 bits per heavy atom. The van der Waals surface area contributed by atoms with Gasteiger partial charge in [-0.2, -0.15) is 0 Å². The van der Waals surface area contributed by atoms with E-state index in [1.807, 2.05) is 0 Å². The zero-order chi connectivity index (χ0) is 55.6. The van der Waals surface area contributed by atoms with E-state index in [2.05, 4.69) is 38.2 Å². The highest BCUT2D eigenvalue weighted by molar-refractivity contribution is 7.47. The van der Waals surface area contributed by atoms with Crippen molar-refractivity contribution in [3.8, 4) is 0 Å². The first-order valence-corrected chi connectivity index (χ1v) is 33.1. The van der Waals surface area contributed by atoms with Crippen LogP contribution in [-0.4, -0.2) is 98.3 Å². The van der Waals surface area contributed by atoms with Gasteiger partial charge in [0.05, 0.1) is 6.61 Å². The molecule has 448 valence electrons. The van der Waals surface area contributed by atoms with Gasteiger partial charge in [0.1, 0.15) is 43.2 Å². The number of hydrogen-bond acceptors (Lipinski definition) is 12. The molecular formula is C62H117O13P. The maximum Gasteiger partial charge on any atom is 0.472 e. The molecule has 0 aromatic carbocycles. The van der Waals surface area contributed by atoms with Crippen LogP contribution in [-0.2, 0) is 32.7 Å². The van der Waals surface area contributed by atoms with E-state index in [0.29, 0.717) is 12.8 Å². The third-order valence-electron chi connectivity index (χ3n) is 15.0. The summed E-state index contributed by atoms with van der Waals surface area (Å²) in [5.41, 5.74) is 0. The van der Waals surface area contributed by atoms with Crippen molar-refractivity contribution in [2.45, 2.75) is 346 Å². The van der Waals surface area contributed by atoms with Gasteiger partial charge in [-0.25, -0.2) is 4.57 Å². The average Bonchev–Trinajstić information content (AvgIpc) is 3.40. The molecule has 13 nitrogen and oxygen atoms in total. The van der Waals surface area contributed by atoms with Crippen LogP contribution in [0.5, 0.6) is 0 Å². The summed E-state index contributed by atoms with van der Waals surface area (Å²) in [6.07, 6.45) is 49.4. The van der Waals surface area contributed by atoms with Gasteiger partial charge in [-0.1, -0.05) is 269 Å². The van der Waals surface area contributed by atoms with E-state index < -0.39 is 75.7 Å². The van der Waals surface area contributed by atoms with E-state index in [0.717, 1.165) is 57.8 Å². The molecule has 1 aliphatic carbocycles. The quantitative estimate of drug-likeness (QED) is 0.0145. The van der Waals surface area contributed by atoms with Gasteiger partial charge >= 0.3 is 19.8 Å². The summed E-state index contributed by atoms with van der Waals surface area (Å²) in [4.78, 5) is 36.1. The molecule has 76 heavy (non-hydrogen) atoms. The van der Waals surface area contributed by atoms with Gasteiger partial charge in [0.2, 0.25) is 0 Å². The molecule has 1 rings (SSSR count). The minimum Gasteiger partial charge on any atom is -0.462 e. The summed E-state index contributed by atoms with van der Waals surface area (Å²) in [5.74, 6) is -1.08. The van der Waals surface area contributed by atoms with Crippen LogP contribution >= 0.6 is 7.82 Å². The van der Waals surface area contributed by atoms with Crippen molar-refractivity contribution < 1.29 is 63.1 Å². The van der Waals surface area contributed by atoms with Crippen molar-refractivity contribution >= 4 is 19.8 Å². The largest absolute Gasteiger partial charge is 0.472 e. The number of aliphatic hydroxyl groups is 5. The molecule has 0 amide bonds. The number of phosphoric ester groups is 1. The number of carbonyl (C=O) groups is 2. The number of aliphatic hydroxyl groups excluding tert-OH is 5. The van der Waals surface area contributed by atoms with Crippen LogP contribution in [0, 0.1) is 0 Å². The lowest BCUT2D eigenvalue weighted by Gasteiger charge is -2.41. The predicted molar refractivity (Wildman–Crippen MR) is 309 cm³/mol. The molecule has 0 aromatic heterocycles. The third kappa shape index (κ3) is 42.2. The fourth-order valence-corrected chi connectivity index (χ4v) is 11.0. The van der Waals surface area contributed by atoms with E-state index in [-0.39, 0.29) is 12.8 Å². The fraction of sp³-hybridized carbons (Fsp3) is 0.903. The molecule has 0 bridgehead atoms. The van der Waals surface area contributed by atoms with E-state index in [4.69, 9.17) is 18.5 Å². The van der Waals surface area contributed by atoms with Crippen molar-refractivity contribution in [3.05, 3.63) is 24.3 Å². The minimum atomic E-state index is -5.13. The second-order valence-corrected chi connectivity index (χ2v) is 23.7. The monoisotopic (exact) mass is 1100 g/mol. The summed E-state index contributed by atoms with van der Waals surface area (Å²) in [7, 11) is -5.13. The Bertz CT molecular complexity index is 1410. The van der Waals surface area contributed by atoms with Crippen molar-refractivity contribution in [3.63, 3.8) is 0 Å². The zero-order valence-corrected chi connectivity index (χ0v) is 49.5. The summed E-state index contributed by atoms with van der Waals surface area (Å²) >= 11 is 0. The molecule has 1 aliphatic rings. The Hall–Kier alpha value is -1.67. The predicted octanol–water partition coefficient (Wildman–Crippen LogP) is 15.5. The molecule has 6 unspecified atom stereocenters. The van der Waals surface area contributed by atoms with Gasteiger partial charge in [-0.3, -0.25) is 18.6 Å². The van der Waals surface area contributed by atoms with Gasteiger partial charge in [0.15, 0.2) is 6.10 Å². The van der Waals surface area contributed by atoms with Crippen molar-refractivity contribution in [1.82, 2.24) is 0 Å². The summed E-state index contributed by atoms with van der Waals surface area (Å²) in [5, 5.41) is 50.5. The third-order valence-corrected chi connectivity index (χ3v) is 16.0. The minimum absolute atomic E-state index is 0.0981. The number of rotatable bonds is 55. The van der Waals surface area contributed by atoms with Crippen LogP contribution in [0.25, 0.3) is 0 Å². The first-order valence-electron chi connectivity index (χ1n) is 31.6. The lowest BCUT2D eigenvalue weighted by Crippen LogP contribution is -2.64. The van der Waals surface area contributed by atoms with Crippen LogP contribution in [0.15, 0.2) is 24.3 Å². The lowest BCUT2D eigenvalue weighted by molar-refractivity contribution is -0.220. The Labute approximate surface area is 464 Å². The number of phosphoric acid groups is 1. The summed E-state index contributed by atoms with van der Waals surface area (Å²) in [6.45, 7) is 3.37. The van der Waals surface area contributed by atoms with Crippen LogP contribution in [0.1, 0.15) is 303 Å². The van der Waals surface area contributed by atoms with E-state index in [1.54, 1.807) is 0 Å². The molecule has 14 heteroatoms. The van der Waals surface area contributed by atoms with Gasteiger partial charge in [0.25, 0.3) is 0 Å². The van der Waals surface area contributed by atoms with Crippen LogP contribution in [0.4, 0.5) is 0 Å². The Balaban J connectivity index is 2.28. The number of hydrogen-bond donors (Lipinski definition) is 6. The molecule has 0 aromatic rings. The topological polar surface area (TPSA) is 210 Å². The van der Waals surface area contributed by atoms with Gasteiger partial charge in [-0.15, -0.1) is 0 Å². The number of esters is 2. The standard InChI is InChI=1S/C62H117O13P/c1-3-5-7-9-11-13-15-17-19-21-23-25-27-29-30-32-34-36-38-40-42-44-46-48-50-55(63)72-52-54(53-73-76(70,71)75-62-60(68)58(66)57(65)59(67)61(62)69)74-56(64)51-49-47-45-43-41-39-37-35-33-31-28-26-24-22-20-18-16-14-12-10-8-6-4-2/h16,18,22,24,54,57-62,65-69H,3-15,17,19-21,23,25-53H2,1-2H3,(H,70,71)/b18-16-,24-22-. The van der Waals surface area contributed by atoms with Crippen LogP contribution < -0.4 is 0 Å². The maximum absolute atomic E-state index is 12.9. The van der Waals surface area contributed by atoms with Crippen molar-refractivity contribution in [2.75, 3.05) is 13.2 Å². The Morgan fingerprint density at radius 1 is 0.408 bits per heavy atom. The van der Waals surface area contributed by atoms with Crippen LogP contribution in [0.3, 0.4) is 0 Å². The highest BCUT2D eigenvalue weighted by Gasteiger charge is 2.51. The van der Waals surface area contributed by atoms with E-state index in [1.165, 1.54) is 205 Å². The van der Waals surface area contributed by atoms with Gasteiger partial charge < -0.3 is 39.9 Å². The first-order chi connectivity index (χ1) is 36.9. The number of unbranched alkanes of at least 4 members (excludes halogenated alkanes) is 39. The Morgan fingerprint density at radius 2 is 0.711 bits per heavy atom. The average molecular weight is 1100 g/mol. The normalized spacial score (nSPS) is 20.2. The highest BCUT2D eigenvalue weighted by atomic mass is 31.2. The summed E-state index contributed by atoms with van der Waals surface area (Å²) in [6, 6.07) is 0. The maximum atomic E-state index is 12.9. The summed E-state index contributed by atoms with van der Waals surface area (Å²) < 4.78 is 33.8. The van der Waals surface area contributed by atoms with Crippen molar-refractivity contribution in [2.24, 2.45) is 0 Å². The van der Waals surface area contributed by atoms with Gasteiger partial charge in [-0.05, 0) is 44.9 Å². The molecule has 6 atom stereocenters. The van der Waals surface area contributed by atoms with Crippen LogP contribution in [0.2, 0.25) is 0 Å². The molecule has 0 aliphatic heterocycles. The SMILES string of the molecule is CCCCCCC/C=C\C/C=C\CCCCCCCCCCCCCC(=O)OC(COC(=O)CCCCCCCCCCCCCCCCCCCCCCCCCC)COP(=O)(O)OC1C(O)C(O)C(O)C(O)C1O. The molecule has 1 fully saturated rings. The van der Waals surface area contributed by atoms with Gasteiger partial charge in [0, 0.05) is 12.8 Å². The second kappa shape index (κ2) is 51.5. The van der Waals surface area contributed by atoms with E-state index in [9.17, 15) is 44.6 Å². The second-order valence-electron chi connectivity index (χ2n) is 22.3. The number of allylic oxidation sites excluding steroid dienone is 4. The van der Waals surface area contributed by atoms with Crippen molar-refractivity contribution in [1.29, 1.82) is 0 Å². The molecular weight excluding hydrogens is 984 g/mol. The molecule has 0 saturated heterocycles. The first kappa shape index (κ1) is 72.3. The smallest absolute Gasteiger partial charge is 0.462 e. The number of ether oxygens (including phenoxy) is 2. The molecule has 0 spiro atoms. The molecule has 1 saturated carbocycles. The molecule has 6 N–H and O–H groups in total. The Kier molecular flexibility index (Phi) is 49.0. The molecule has 0 radical (unpaired) electrons. The highest BCUT2D eigenvalue weighted by Crippen LogP contribution is 2.47. The molecule has 0 heterocycles. The lowest BCUT2D eigenvalue weighted by atomic mass is 9.85. The van der Waals surface area contributed by atoms with E-state index >= 15 is 0 Å².